The van der Waals surface area contributed by atoms with Crippen molar-refractivity contribution in [2.45, 2.75) is 22.6 Å². The summed E-state index contributed by atoms with van der Waals surface area (Å²) in [6, 6.07) is 16.3. The number of carbonyl (C=O) groups excluding carboxylic acids is 1. The van der Waals surface area contributed by atoms with Crippen LogP contribution in [0.1, 0.15) is 12.8 Å². The van der Waals surface area contributed by atoms with E-state index in [-0.39, 0.29) is 22.2 Å². The number of rotatable bonds is 6. The average Bonchev–Trinajstić information content (AvgIpc) is 2.84. The summed E-state index contributed by atoms with van der Waals surface area (Å²) in [5.41, 5.74) is 2.13. The zero-order chi connectivity index (χ0) is 24.3. The van der Waals surface area contributed by atoms with Crippen LogP contribution in [0, 0.1) is 5.92 Å². The number of pyridine rings is 1. The molecule has 2 heterocycles. The molecule has 0 spiro atoms. The average molecular weight is 500 g/mol. The normalized spacial score (nSPS) is 17.3. The third-order valence-corrected chi connectivity index (χ3v) is 8.80. The monoisotopic (exact) mass is 499 g/mol. The maximum Gasteiger partial charge on any atom is 0.243 e. The van der Waals surface area contributed by atoms with Crippen molar-refractivity contribution >= 4 is 31.5 Å². The van der Waals surface area contributed by atoms with Gasteiger partial charge in [0.25, 0.3) is 0 Å². The van der Waals surface area contributed by atoms with Gasteiger partial charge >= 0.3 is 0 Å². The highest BCUT2D eigenvalue weighted by atomic mass is 32.2. The third kappa shape index (κ3) is 5.35. The summed E-state index contributed by atoms with van der Waals surface area (Å²) in [5.74, 6) is -0.669. The Morgan fingerprint density at radius 3 is 2.12 bits per heavy atom. The Hall–Kier alpha value is -3.08. The third-order valence-electron chi connectivity index (χ3n) is 5.79. The molecule has 1 fully saturated rings. The maximum absolute atomic E-state index is 13.2. The van der Waals surface area contributed by atoms with Gasteiger partial charge in [0.15, 0.2) is 9.84 Å². The lowest BCUT2D eigenvalue weighted by Crippen LogP contribution is -2.43. The summed E-state index contributed by atoms with van der Waals surface area (Å²) in [6.07, 6.45) is 5.51. The quantitative estimate of drug-likeness (QED) is 0.557. The van der Waals surface area contributed by atoms with Crippen LogP contribution in [-0.2, 0) is 24.7 Å². The Labute approximate surface area is 199 Å². The standard InChI is InChI=1S/C24H25N3O5S2/c1-33(29,30)22-10-6-18(7-11-22)19-8-12-23(13-9-19)34(31,32)27-15-3-4-20(17-27)24(28)26-21-5-2-14-25-16-21/h2,5-14,16,20H,3-4,15,17H2,1H3,(H,26,28). The van der Waals surface area contributed by atoms with E-state index >= 15 is 0 Å². The molecule has 1 N–H and O–H groups in total. The van der Waals surface area contributed by atoms with Crippen molar-refractivity contribution in [3.05, 3.63) is 73.1 Å². The number of hydrogen-bond donors (Lipinski definition) is 1. The van der Waals surface area contributed by atoms with Crippen LogP contribution in [0.2, 0.25) is 0 Å². The van der Waals surface area contributed by atoms with Crippen molar-refractivity contribution in [3.8, 4) is 11.1 Å². The minimum Gasteiger partial charge on any atom is -0.324 e. The van der Waals surface area contributed by atoms with Crippen LogP contribution in [0.4, 0.5) is 5.69 Å². The number of sulfone groups is 1. The molecule has 0 radical (unpaired) electrons. The molecule has 1 aliphatic heterocycles. The smallest absolute Gasteiger partial charge is 0.243 e. The van der Waals surface area contributed by atoms with Crippen LogP contribution < -0.4 is 5.32 Å². The van der Waals surface area contributed by atoms with Crippen LogP contribution in [0.15, 0.2) is 82.8 Å². The van der Waals surface area contributed by atoms with Gasteiger partial charge in [-0.05, 0) is 60.4 Å². The molecule has 0 aliphatic carbocycles. The van der Waals surface area contributed by atoms with E-state index in [2.05, 4.69) is 10.3 Å². The Kier molecular flexibility index (Phi) is 6.83. The number of benzene rings is 2. The number of anilines is 1. The Morgan fingerprint density at radius 2 is 1.56 bits per heavy atom. The summed E-state index contributed by atoms with van der Waals surface area (Å²) < 4.78 is 51.1. The molecule has 0 saturated carbocycles. The van der Waals surface area contributed by atoms with Gasteiger partial charge < -0.3 is 5.32 Å². The van der Waals surface area contributed by atoms with Gasteiger partial charge in [-0.1, -0.05) is 24.3 Å². The van der Waals surface area contributed by atoms with E-state index in [0.29, 0.717) is 25.1 Å². The van der Waals surface area contributed by atoms with E-state index in [1.807, 2.05) is 0 Å². The van der Waals surface area contributed by atoms with E-state index in [1.54, 1.807) is 48.8 Å². The van der Waals surface area contributed by atoms with Gasteiger partial charge in [-0.3, -0.25) is 9.78 Å². The summed E-state index contributed by atoms with van der Waals surface area (Å²) in [6.45, 7) is 0.469. The molecule has 10 heteroatoms. The fourth-order valence-electron chi connectivity index (χ4n) is 3.92. The summed E-state index contributed by atoms with van der Waals surface area (Å²) in [5, 5.41) is 2.80. The zero-order valence-corrected chi connectivity index (χ0v) is 20.2. The predicted molar refractivity (Wildman–Crippen MR) is 129 cm³/mol. The van der Waals surface area contributed by atoms with Crippen molar-refractivity contribution in [1.82, 2.24) is 9.29 Å². The van der Waals surface area contributed by atoms with Gasteiger partial charge in [-0.15, -0.1) is 0 Å². The first-order chi connectivity index (χ1) is 16.1. The second-order valence-corrected chi connectivity index (χ2v) is 12.2. The fraction of sp³-hybridized carbons (Fsp3) is 0.250. The molecule has 34 heavy (non-hydrogen) atoms. The number of sulfonamides is 1. The number of nitrogens with one attached hydrogen (secondary N) is 1. The number of hydrogen-bond acceptors (Lipinski definition) is 6. The first-order valence-corrected chi connectivity index (χ1v) is 14.1. The number of carbonyl (C=O) groups is 1. The maximum atomic E-state index is 13.2. The molecule has 1 aliphatic rings. The second-order valence-electron chi connectivity index (χ2n) is 8.25. The molecular weight excluding hydrogens is 474 g/mol. The van der Waals surface area contributed by atoms with Crippen molar-refractivity contribution in [1.29, 1.82) is 0 Å². The minimum atomic E-state index is -3.76. The first kappa shape index (κ1) is 24.1. The van der Waals surface area contributed by atoms with E-state index < -0.39 is 25.8 Å². The second kappa shape index (κ2) is 9.65. The zero-order valence-electron chi connectivity index (χ0n) is 18.6. The van der Waals surface area contributed by atoms with Crippen LogP contribution in [0.5, 0.6) is 0 Å². The highest BCUT2D eigenvalue weighted by molar-refractivity contribution is 7.90. The van der Waals surface area contributed by atoms with E-state index in [1.165, 1.54) is 28.6 Å². The van der Waals surface area contributed by atoms with Crippen LogP contribution in [0.25, 0.3) is 11.1 Å². The lowest BCUT2D eigenvalue weighted by atomic mass is 9.99. The van der Waals surface area contributed by atoms with Crippen molar-refractivity contribution in [2.75, 3.05) is 24.7 Å². The van der Waals surface area contributed by atoms with Gasteiger partial charge in [0.1, 0.15) is 0 Å². The van der Waals surface area contributed by atoms with Crippen LogP contribution in [-0.4, -0.2) is 51.4 Å². The highest BCUT2D eigenvalue weighted by Gasteiger charge is 2.33. The van der Waals surface area contributed by atoms with E-state index in [9.17, 15) is 21.6 Å². The van der Waals surface area contributed by atoms with Gasteiger partial charge in [0.05, 0.1) is 27.6 Å². The molecule has 1 saturated heterocycles. The molecule has 1 amide bonds. The summed E-state index contributed by atoms with van der Waals surface area (Å²) in [4.78, 5) is 17.0. The fourth-order valence-corrected chi connectivity index (χ4v) is 6.07. The van der Waals surface area contributed by atoms with Gasteiger partial charge in [0, 0.05) is 25.5 Å². The molecule has 1 atom stereocenters. The lowest BCUT2D eigenvalue weighted by Gasteiger charge is -2.31. The van der Waals surface area contributed by atoms with Crippen molar-refractivity contribution in [3.63, 3.8) is 0 Å². The van der Waals surface area contributed by atoms with Gasteiger partial charge in [-0.2, -0.15) is 4.31 Å². The molecule has 4 rings (SSSR count). The number of nitrogens with zero attached hydrogens (tertiary/aromatic N) is 2. The van der Waals surface area contributed by atoms with E-state index in [4.69, 9.17) is 0 Å². The number of piperidine rings is 1. The van der Waals surface area contributed by atoms with Crippen LogP contribution >= 0.6 is 0 Å². The molecule has 1 unspecified atom stereocenters. The number of amides is 1. The predicted octanol–water partition coefficient (Wildman–Crippen LogP) is 3.19. The molecular formula is C24H25N3O5S2. The Bertz CT molecular complexity index is 1370. The van der Waals surface area contributed by atoms with Gasteiger partial charge in [0.2, 0.25) is 15.9 Å². The molecule has 0 bridgehead atoms. The first-order valence-electron chi connectivity index (χ1n) is 10.8. The number of aromatic nitrogens is 1. The summed E-state index contributed by atoms with van der Waals surface area (Å²) in [7, 11) is -7.05. The van der Waals surface area contributed by atoms with Crippen LogP contribution in [0.3, 0.4) is 0 Å². The molecule has 1 aromatic heterocycles. The lowest BCUT2D eigenvalue weighted by molar-refractivity contribution is -0.120. The molecule has 8 nitrogen and oxygen atoms in total. The molecule has 178 valence electrons. The van der Waals surface area contributed by atoms with Crippen molar-refractivity contribution < 1.29 is 21.6 Å². The minimum absolute atomic E-state index is 0.114. The van der Waals surface area contributed by atoms with Gasteiger partial charge in [-0.25, -0.2) is 16.8 Å². The SMILES string of the molecule is CS(=O)(=O)c1ccc(-c2ccc(S(=O)(=O)N3CCCC(C(=O)Nc4cccnc4)C3)cc2)cc1. The summed E-state index contributed by atoms with van der Waals surface area (Å²) >= 11 is 0. The highest BCUT2D eigenvalue weighted by Crippen LogP contribution is 2.27. The van der Waals surface area contributed by atoms with Crippen molar-refractivity contribution in [2.24, 2.45) is 5.92 Å². The Morgan fingerprint density at radius 1 is 0.941 bits per heavy atom. The molecule has 2 aromatic carbocycles. The Balaban J connectivity index is 1.47. The van der Waals surface area contributed by atoms with E-state index in [0.717, 1.165) is 17.4 Å². The molecule has 3 aromatic rings. The largest absolute Gasteiger partial charge is 0.324 e. The topological polar surface area (TPSA) is 114 Å².